The van der Waals surface area contributed by atoms with Crippen molar-refractivity contribution in [1.82, 2.24) is 19.8 Å². The second-order valence-corrected chi connectivity index (χ2v) is 5.67. The zero-order valence-corrected chi connectivity index (χ0v) is 12.5. The summed E-state index contributed by atoms with van der Waals surface area (Å²) in [5.41, 5.74) is 0.486. The number of halogens is 3. The molecule has 0 radical (unpaired) electrons. The van der Waals surface area contributed by atoms with Crippen LogP contribution >= 0.6 is 0 Å². The van der Waals surface area contributed by atoms with Gasteiger partial charge in [0.2, 0.25) is 0 Å². The number of fused-ring (bicyclic) bond motifs is 1. The Morgan fingerprint density at radius 1 is 1.23 bits per heavy atom. The number of hydrogen-bond donors (Lipinski definition) is 1. The molecule has 22 heavy (non-hydrogen) atoms. The van der Waals surface area contributed by atoms with Crippen molar-refractivity contribution >= 4 is 11.0 Å². The average Bonchev–Trinajstić information content (AvgIpc) is 2.65. The van der Waals surface area contributed by atoms with Gasteiger partial charge in [0.25, 0.3) is 0 Å². The molecule has 1 aromatic heterocycles. The number of nitrogens with one attached hydrogen (secondary N) is 1. The molecule has 1 fully saturated rings. The van der Waals surface area contributed by atoms with Gasteiger partial charge in [-0.3, -0.25) is 4.90 Å². The average molecular weight is 312 g/mol. The molecule has 0 aliphatic carbocycles. The number of imidazole rings is 1. The van der Waals surface area contributed by atoms with Crippen molar-refractivity contribution in [2.24, 2.45) is 7.05 Å². The summed E-state index contributed by atoms with van der Waals surface area (Å²) in [5, 5.41) is 3.33. The van der Waals surface area contributed by atoms with Crippen LogP contribution in [0.2, 0.25) is 0 Å². The van der Waals surface area contributed by atoms with E-state index in [1.165, 1.54) is 6.07 Å². The van der Waals surface area contributed by atoms with Gasteiger partial charge in [-0.15, -0.1) is 0 Å². The van der Waals surface area contributed by atoms with E-state index in [1.54, 1.807) is 0 Å². The summed E-state index contributed by atoms with van der Waals surface area (Å²) in [6.45, 7) is 4.51. The highest BCUT2D eigenvalue weighted by Crippen LogP contribution is 2.31. The Labute approximate surface area is 126 Å². The number of aryl methyl sites for hydroxylation is 1. The van der Waals surface area contributed by atoms with Crippen LogP contribution in [0.15, 0.2) is 18.2 Å². The Hall–Kier alpha value is -1.60. The van der Waals surface area contributed by atoms with Crippen LogP contribution < -0.4 is 5.32 Å². The van der Waals surface area contributed by atoms with E-state index in [1.807, 2.05) is 11.6 Å². The maximum Gasteiger partial charge on any atom is 0.416 e. The summed E-state index contributed by atoms with van der Waals surface area (Å²) in [6, 6.07) is 3.74. The highest BCUT2D eigenvalue weighted by atomic mass is 19.4. The zero-order valence-electron chi connectivity index (χ0n) is 12.5. The molecular formula is C15H19F3N4. The summed E-state index contributed by atoms with van der Waals surface area (Å²) in [6.07, 6.45) is -3.26. The van der Waals surface area contributed by atoms with E-state index in [0.717, 1.165) is 56.1 Å². The standard InChI is InChI=1S/C15H19F3N4/c1-21-13-4-3-11(15(16,17)18)9-12(13)20-14(21)10-22-7-2-5-19-6-8-22/h3-4,9,19H,2,5-8,10H2,1H3. The Kier molecular flexibility index (Phi) is 4.10. The fourth-order valence-electron chi connectivity index (χ4n) is 2.83. The molecule has 1 aliphatic heterocycles. The molecule has 0 atom stereocenters. The fraction of sp³-hybridized carbons (Fsp3) is 0.533. The van der Waals surface area contributed by atoms with Crippen LogP contribution in [0.3, 0.4) is 0 Å². The quantitative estimate of drug-likeness (QED) is 0.924. The Morgan fingerprint density at radius 3 is 2.82 bits per heavy atom. The molecule has 1 aliphatic rings. The van der Waals surface area contributed by atoms with Crippen LogP contribution in [0.25, 0.3) is 11.0 Å². The van der Waals surface area contributed by atoms with Crippen molar-refractivity contribution in [3.63, 3.8) is 0 Å². The van der Waals surface area contributed by atoms with E-state index in [2.05, 4.69) is 15.2 Å². The molecule has 0 spiro atoms. The summed E-state index contributed by atoms with van der Waals surface area (Å²) in [7, 11) is 1.86. The molecule has 120 valence electrons. The molecule has 1 N–H and O–H groups in total. The van der Waals surface area contributed by atoms with Crippen LogP contribution in [-0.2, 0) is 19.8 Å². The highest BCUT2D eigenvalue weighted by Gasteiger charge is 2.31. The number of nitrogens with zero attached hydrogens (tertiary/aromatic N) is 3. The van der Waals surface area contributed by atoms with Crippen LogP contribution in [0.5, 0.6) is 0 Å². The van der Waals surface area contributed by atoms with Crippen molar-refractivity contribution in [3.8, 4) is 0 Å². The van der Waals surface area contributed by atoms with Crippen molar-refractivity contribution in [2.75, 3.05) is 26.2 Å². The third-order valence-electron chi connectivity index (χ3n) is 4.10. The predicted molar refractivity (Wildman–Crippen MR) is 78.5 cm³/mol. The number of alkyl halides is 3. The van der Waals surface area contributed by atoms with Gasteiger partial charge < -0.3 is 9.88 Å². The lowest BCUT2D eigenvalue weighted by Gasteiger charge is -2.18. The first kappa shape index (κ1) is 15.3. The summed E-state index contributed by atoms with van der Waals surface area (Å²) in [5.74, 6) is 0.802. The minimum absolute atomic E-state index is 0.403. The second kappa shape index (κ2) is 5.89. The zero-order chi connectivity index (χ0) is 15.7. The number of benzene rings is 1. The van der Waals surface area contributed by atoms with E-state index < -0.39 is 11.7 Å². The summed E-state index contributed by atoms with van der Waals surface area (Å²) < 4.78 is 40.3. The lowest BCUT2D eigenvalue weighted by atomic mass is 10.2. The third-order valence-corrected chi connectivity index (χ3v) is 4.10. The van der Waals surface area contributed by atoms with E-state index in [-0.39, 0.29) is 0 Å². The molecule has 1 aromatic carbocycles. The topological polar surface area (TPSA) is 33.1 Å². The smallest absolute Gasteiger partial charge is 0.330 e. The molecule has 7 heteroatoms. The number of aromatic nitrogens is 2. The lowest BCUT2D eigenvalue weighted by molar-refractivity contribution is -0.137. The molecular weight excluding hydrogens is 293 g/mol. The van der Waals surface area contributed by atoms with Gasteiger partial charge in [0.1, 0.15) is 5.82 Å². The SMILES string of the molecule is Cn1c(CN2CCCNCC2)nc2cc(C(F)(F)F)ccc21. The summed E-state index contributed by atoms with van der Waals surface area (Å²) in [4.78, 5) is 6.70. The molecule has 3 rings (SSSR count). The lowest BCUT2D eigenvalue weighted by Crippen LogP contribution is -2.28. The van der Waals surface area contributed by atoms with Crippen molar-refractivity contribution in [2.45, 2.75) is 19.1 Å². The molecule has 4 nitrogen and oxygen atoms in total. The van der Waals surface area contributed by atoms with E-state index >= 15 is 0 Å². The third kappa shape index (κ3) is 3.10. The van der Waals surface area contributed by atoms with Gasteiger partial charge in [0, 0.05) is 20.1 Å². The number of rotatable bonds is 2. The Morgan fingerprint density at radius 2 is 2.05 bits per heavy atom. The monoisotopic (exact) mass is 312 g/mol. The molecule has 1 saturated heterocycles. The molecule has 2 heterocycles. The van der Waals surface area contributed by atoms with E-state index in [0.29, 0.717) is 12.1 Å². The van der Waals surface area contributed by atoms with Crippen molar-refractivity contribution < 1.29 is 13.2 Å². The van der Waals surface area contributed by atoms with Crippen LogP contribution in [0.4, 0.5) is 13.2 Å². The first-order valence-electron chi connectivity index (χ1n) is 7.41. The minimum Gasteiger partial charge on any atom is -0.330 e. The normalized spacial score (nSPS) is 17.8. The Bertz CT molecular complexity index is 655. The largest absolute Gasteiger partial charge is 0.416 e. The first-order valence-corrected chi connectivity index (χ1v) is 7.41. The maximum absolute atomic E-state index is 12.8. The van der Waals surface area contributed by atoms with Gasteiger partial charge in [0.15, 0.2) is 0 Å². The predicted octanol–water partition coefficient (Wildman–Crippen LogP) is 2.39. The van der Waals surface area contributed by atoms with Gasteiger partial charge >= 0.3 is 6.18 Å². The van der Waals surface area contributed by atoms with Crippen molar-refractivity contribution in [3.05, 3.63) is 29.6 Å². The molecule has 2 aromatic rings. The van der Waals surface area contributed by atoms with Crippen molar-refractivity contribution in [1.29, 1.82) is 0 Å². The van der Waals surface area contributed by atoms with Crippen LogP contribution in [0, 0.1) is 0 Å². The van der Waals surface area contributed by atoms with E-state index in [9.17, 15) is 13.2 Å². The van der Waals surface area contributed by atoms with E-state index in [4.69, 9.17) is 0 Å². The molecule has 0 amide bonds. The minimum atomic E-state index is -4.33. The van der Waals surface area contributed by atoms with Gasteiger partial charge in [-0.1, -0.05) is 0 Å². The molecule has 0 bridgehead atoms. The first-order chi connectivity index (χ1) is 10.4. The summed E-state index contributed by atoms with van der Waals surface area (Å²) >= 11 is 0. The molecule has 0 saturated carbocycles. The van der Waals surface area contributed by atoms with Gasteiger partial charge in [-0.05, 0) is 37.7 Å². The van der Waals surface area contributed by atoms with Gasteiger partial charge in [-0.2, -0.15) is 13.2 Å². The van der Waals surface area contributed by atoms with Gasteiger partial charge in [-0.25, -0.2) is 4.98 Å². The molecule has 0 unspecified atom stereocenters. The highest BCUT2D eigenvalue weighted by molar-refractivity contribution is 5.77. The fourth-order valence-corrected chi connectivity index (χ4v) is 2.83. The Balaban J connectivity index is 1.88. The second-order valence-electron chi connectivity index (χ2n) is 5.67. The maximum atomic E-state index is 12.8. The van der Waals surface area contributed by atoms with Gasteiger partial charge in [0.05, 0.1) is 23.1 Å². The van der Waals surface area contributed by atoms with Crippen LogP contribution in [-0.4, -0.2) is 40.6 Å². The number of hydrogen-bond acceptors (Lipinski definition) is 3. The van der Waals surface area contributed by atoms with Crippen LogP contribution in [0.1, 0.15) is 17.8 Å².